The number of ether oxygens (including phenoxy) is 2. The number of hydrogen-bond donors (Lipinski definition) is 1. The molecule has 1 aliphatic heterocycles. The Labute approximate surface area is 183 Å². The van der Waals surface area contributed by atoms with Crippen molar-refractivity contribution in [2.75, 3.05) is 45.3 Å². The summed E-state index contributed by atoms with van der Waals surface area (Å²) in [4.78, 5) is 2.46. The van der Waals surface area contributed by atoms with Gasteiger partial charge < -0.3 is 14.8 Å². The first-order valence-electron chi connectivity index (χ1n) is 10.3. The van der Waals surface area contributed by atoms with Gasteiger partial charge in [0, 0.05) is 41.6 Å². The number of anilines is 2. The molecule has 0 amide bonds. The van der Waals surface area contributed by atoms with Gasteiger partial charge in [0.1, 0.15) is 5.75 Å². The van der Waals surface area contributed by atoms with Crippen molar-refractivity contribution in [1.29, 1.82) is 0 Å². The molecule has 4 nitrogen and oxygen atoms in total. The first-order chi connectivity index (χ1) is 14.7. The predicted molar refractivity (Wildman–Crippen MR) is 124 cm³/mol. The molecule has 1 heterocycles. The molecule has 156 valence electrons. The lowest BCUT2D eigenvalue weighted by atomic mass is 10.0. The minimum atomic E-state index is 0.692. The minimum absolute atomic E-state index is 0.692. The molecule has 3 aromatic carbocycles. The van der Waals surface area contributed by atoms with E-state index in [0.29, 0.717) is 5.02 Å². The monoisotopic (exact) mass is 422 g/mol. The van der Waals surface area contributed by atoms with E-state index in [1.54, 1.807) is 7.11 Å². The van der Waals surface area contributed by atoms with Crippen molar-refractivity contribution in [3.63, 3.8) is 0 Å². The fraction of sp³-hybridized carbons (Fsp3) is 0.280. The largest absolute Gasteiger partial charge is 0.496 e. The molecule has 30 heavy (non-hydrogen) atoms. The van der Waals surface area contributed by atoms with Crippen LogP contribution in [-0.4, -0.2) is 44.9 Å². The zero-order chi connectivity index (χ0) is 20.8. The Kier molecular flexibility index (Phi) is 6.90. The third-order valence-electron chi connectivity index (χ3n) is 5.40. The summed E-state index contributed by atoms with van der Waals surface area (Å²) in [5.74, 6) is 0.807. The molecule has 0 radical (unpaired) electrons. The van der Waals surface area contributed by atoms with Gasteiger partial charge in [-0.1, -0.05) is 35.9 Å². The number of rotatable bonds is 7. The predicted octanol–water partition coefficient (Wildman–Crippen LogP) is 5.63. The zero-order valence-corrected chi connectivity index (χ0v) is 18.0. The van der Waals surface area contributed by atoms with Crippen LogP contribution in [0.3, 0.4) is 0 Å². The highest BCUT2D eigenvalue weighted by Crippen LogP contribution is 2.34. The van der Waals surface area contributed by atoms with Gasteiger partial charge in [-0.05, 0) is 60.0 Å². The zero-order valence-electron chi connectivity index (χ0n) is 17.2. The molecule has 0 saturated carbocycles. The standard InChI is InChI=1S/C25H27ClN2O2/c1-29-25-10-7-21(26)18-24(25)20-3-2-4-23(17-20)27-22-8-5-19(6-9-22)11-12-28-13-15-30-16-14-28/h2-10,17-18,27H,11-16H2,1H3. The highest BCUT2D eigenvalue weighted by molar-refractivity contribution is 6.31. The number of morpholine rings is 1. The highest BCUT2D eigenvalue weighted by atomic mass is 35.5. The molecule has 0 aromatic heterocycles. The number of halogens is 1. The second-order valence-corrected chi connectivity index (χ2v) is 7.89. The lowest BCUT2D eigenvalue weighted by Gasteiger charge is -2.26. The van der Waals surface area contributed by atoms with Crippen molar-refractivity contribution in [2.45, 2.75) is 6.42 Å². The summed E-state index contributed by atoms with van der Waals surface area (Å²) in [5, 5.41) is 4.19. The number of nitrogens with one attached hydrogen (secondary N) is 1. The fourth-order valence-corrected chi connectivity index (χ4v) is 3.88. The molecule has 4 rings (SSSR count). The van der Waals surface area contributed by atoms with Crippen LogP contribution < -0.4 is 10.1 Å². The van der Waals surface area contributed by atoms with E-state index in [2.05, 4.69) is 52.7 Å². The molecule has 0 bridgehead atoms. The Morgan fingerprint density at radius 3 is 2.53 bits per heavy atom. The smallest absolute Gasteiger partial charge is 0.126 e. The molecule has 3 aromatic rings. The summed E-state index contributed by atoms with van der Waals surface area (Å²) in [6, 6.07) is 22.6. The van der Waals surface area contributed by atoms with Crippen molar-refractivity contribution in [1.82, 2.24) is 4.90 Å². The van der Waals surface area contributed by atoms with E-state index in [0.717, 1.165) is 67.5 Å². The maximum Gasteiger partial charge on any atom is 0.126 e. The molecule has 0 atom stereocenters. The first-order valence-corrected chi connectivity index (χ1v) is 10.7. The number of hydrogen-bond acceptors (Lipinski definition) is 4. The summed E-state index contributed by atoms with van der Waals surface area (Å²) in [6.07, 6.45) is 1.06. The van der Waals surface area contributed by atoms with Gasteiger partial charge >= 0.3 is 0 Å². The van der Waals surface area contributed by atoms with Crippen molar-refractivity contribution in [3.05, 3.63) is 77.3 Å². The SMILES string of the molecule is COc1ccc(Cl)cc1-c1cccc(Nc2ccc(CCN3CCOCC3)cc2)c1. The van der Waals surface area contributed by atoms with Gasteiger partial charge in [0.15, 0.2) is 0 Å². The quantitative estimate of drug-likeness (QED) is 0.534. The van der Waals surface area contributed by atoms with Gasteiger partial charge in [0.05, 0.1) is 20.3 Å². The van der Waals surface area contributed by atoms with E-state index in [1.165, 1.54) is 5.56 Å². The minimum Gasteiger partial charge on any atom is -0.496 e. The van der Waals surface area contributed by atoms with Crippen LogP contribution in [0.5, 0.6) is 5.75 Å². The molecule has 5 heteroatoms. The first kappa shape index (κ1) is 20.7. The Hall–Kier alpha value is -2.53. The molecule has 0 spiro atoms. The second kappa shape index (κ2) is 9.98. The van der Waals surface area contributed by atoms with Crippen LogP contribution >= 0.6 is 11.6 Å². The van der Waals surface area contributed by atoms with Gasteiger partial charge in [0.2, 0.25) is 0 Å². The lowest BCUT2D eigenvalue weighted by molar-refractivity contribution is 0.0384. The Bertz CT molecular complexity index is 969. The van der Waals surface area contributed by atoms with Crippen molar-refractivity contribution in [3.8, 4) is 16.9 Å². The maximum absolute atomic E-state index is 6.20. The van der Waals surface area contributed by atoms with Crippen LogP contribution in [0, 0.1) is 0 Å². The average Bonchev–Trinajstić information content (AvgIpc) is 2.79. The van der Waals surface area contributed by atoms with E-state index in [1.807, 2.05) is 24.3 Å². The van der Waals surface area contributed by atoms with Crippen LogP contribution in [0.2, 0.25) is 5.02 Å². The van der Waals surface area contributed by atoms with Gasteiger partial charge in [-0.3, -0.25) is 4.90 Å². The lowest BCUT2D eigenvalue weighted by Crippen LogP contribution is -2.37. The van der Waals surface area contributed by atoms with Crippen LogP contribution in [0.4, 0.5) is 11.4 Å². The van der Waals surface area contributed by atoms with E-state index in [-0.39, 0.29) is 0 Å². The molecule has 1 aliphatic rings. The molecule has 1 N–H and O–H groups in total. The van der Waals surface area contributed by atoms with E-state index < -0.39 is 0 Å². The van der Waals surface area contributed by atoms with Gasteiger partial charge in [-0.15, -0.1) is 0 Å². The van der Waals surface area contributed by atoms with Gasteiger partial charge in [-0.2, -0.15) is 0 Å². The Balaban J connectivity index is 1.42. The number of benzene rings is 3. The highest BCUT2D eigenvalue weighted by Gasteiger charge is 2.10. The van der Waals surface area contributed by atoms with Gasteiger partial charge in [0.25, 0.3) is 0 Å². The van der Waals surface area contributed by atoms with Crippen LogP contribution in [0.25, 0.3) is 11.1 Å². The Morgan fingerprint density at radius 1 is 0.967 bits per heavy atom. The van der Waals surface area contributed by atoms with Crippen LogP contribution in [0.1, 0.15) is 5.56 Å². The number of nitrogens with zero attached hydrogens (tertiary/aromatic N) is 1. The molecule has 1 saturated heterocycles. The van der Waals surface area contributed by atoms with E-state index in [4.69, 9.17) is 21.1 Å². The van der Waals surface area contributed by atoms with Crippen molar-refractivity contribution in [2.24, 2.45) is 0 Å². The topological polar surface area (TPSA) is 33.7 Å². The summed E-state index contributed by atoms with van der Waals surface area (Å²) < 4.78 is 10.9. The van der Waals surface area contributed by atoms with E-state index in [9.17, 15) is 0 Å². The average molecular weight is 423 g/mol. The van der Waals surface area contributed by atoms with Crippen molar-refractivity contribution >= 4 is 23.0 Å². The molecule has 1 fully saturated rings. The van der Waals surface area contributed by atoms with Crippen LogP contribution in [0.15, 0.2) is 66.7 Å². The summed E-state index contributed by atoms with van der Waals surface area (Å²) in [6.45, 7) is 4.85. The summed E-state index contributed by atoms with van der Waals surface area (Å²) in [7, 11) is 1.68. The molecule has 0 unspecified atom stereocenters. The number of methoxy groups -OCH3 is 1. The van der Waals surface area contributed by atoms with E-state index >= 15 is 0 Å². The van der Waals surface area contributed by atoms with Crippen molar-refractivity contribution < 1.29 is 9.47 Å². The third-order valence-corrected chi connectivity index (χ3v) is 5.63. The Morgan fingerprint density at radius 2 is 1.77 bits per heavy atom. The molecular weight excluding hydrogens is 396 g/mol. The fourth-order valence-electron chi connectivity index (χ4n) is 3.70. The third kappa shape index (κ3) is 5.33. The normalized spacial score (nSPS) is 14.5. The van der Waals surface area contributed by atoms with Crippen LogP contribution in [-0.2, 0) is 11.2 Å². The summed E-state index contributed by atoms with van der Waals surface area (Å²) in [5.41, 5.74) is 5.48. The molecular formula is C25H27ClN2O2. The maximum atomic E-state index is 6.20. The molecule has 0 aliphatic carbocycles. The second-order valence-electron chi connectivity index (χ2n) is 7.45. The van der Waals surface area contributed by atoms with Gasteiger partial charge in [-0.25, -0.2) is 0 Å². The summed E-state index contributed by atoms with van der Waals surface area (Å²) >= 11 is 6.20.